The number of fused-ring (bicyclic) bond motifs is 5. The van der Waals surface area contributed by atoms with Crippen molar-refractivity contribution >= 4 is 28.2 Å². The molecule has 1 aliphatic heterocycles. The van der Waals surface area contributed by atoms with Crippen LogP contribution in [0.5, 0.6) is 0 Å². The standard InChI is InChI=1S/C22H15ClF3N3/c23-15-7-5-8-16(12-15)27-21(22(24,25)26)13-14-6-1-2-9-17(14)20-18-10-3-4-11-19(18)28-29(20)21/h1-12,27H,13H2. The van der Waals surface area contributed by atoms with E-state index in [0.29, 0.717) is 27.2 Å². The number of alkyl halides is 3. The Labute approximate surface area is 169 Å². The largest absolute Gasteiger partial charge is 0.432 e. The Morgan fingerprint density at radius 2 is 1.72 bits per heavy atom. The van der Waals surface area contributed by atoms with Crippen molar-refractivity contribution in [3.63, 3.8) is 0 Å². The van der Waals surface area contributed by atoms with Gasteiger partial charge in [-0.25, -0.2) is 4.68 Å². The van der Waals surface area contributed by atoms with Crippen LogP contribution in [0.4, 0.5) is 18.9 Å². The lowest BCUT2D eigenvalue weighted by Gasteiger charge is -2.41. The van der Waals surface area contributed by atoms with Crippen LogP contribution in [0.3, 0.4) is 0 Å². The molecule has 29 heavy (non-hydrogen) atoms. The SMILES string of the molecule is FC(F)(F)C1(Nc2cccc(Cl)c2)Cc2ccccc2-c2c3ccccc3nn21. The maximum absolute atomic E-state index is 14.7. The van der Waals surface area contributed by atoms with E-state index in [4.69, 9.17) is 11.6 Å². The second-order valence-electron chi connectivity index (χ2n) is 7.10. The van der Waals surface area contributed by atoms with Gasteiger partial charge in [-0.1, -0.05) is 60.1 Å². The highest BCUT2D eigenvalue weighted by Crippen LogP contribution is 2.48. The normalized spacial score (nSPS) is 18.3. The first-order chi connectivity index (χ1) is 13.9. The van der Waals surface area contributed by atoms with Crippen LogP contribution in [0.1, 0.15) is 5.56 Å². The van der Waals surface area contributed by atoms with Gasteiger partial charge in [0, 0.05) is 28.1 Å². The second kappa shape index (κ2) is 6.26. The summed E-state index contributed by atoms with van der Waals surface area (Å²) in [6.45, 7) is 0. The van der Waals surface area contributed by atoms with E-state index in [1.54, 1.807) is 48.5 Å². The number of hydrogen-bond acceptors (Lipinski definition) is 2. The lowest BCUT2D eigenvalue weighted by molar-refractivity contribution is -0.208. The van der Waals surface area contributed by atoms with Gasteiger partial charge in [0.15, 0.2) is 0 Å². The van der Waals surface area contributed by atoms with E-state index in [1.165, 1.54) is 6.07 Å². The first kappa shape index (κ1) is 18.1. The summed E-state index contributed by atoms with van der Waals surface area (Å²) in [6.07, 6.45) is -4.92. The Hall–Kier alpha value is -2.99. The average Bonchev–Trinajstić information content (AvgIpc) is 3.08. The number of nitrogens with one attached hydrogen (secondary N) is 1. The second-order valence-corrected chi connectivity index (χ2v) is 7.54. The van der Waals surface area contributed by atoms with Crippen LogP contribution in [0.25, 0.3) is 22.2 Å². The summed E-state index contributed by atoms with van der Waals surface area (Å²) in [5.74, 6) is 0. The van der Waals surface area contributed by atoms with E-state index in [-0.39, 0.29) is 12.1 Å². The summed E-state index contributed by atoms with van der Waals surface area (Å²) in [5.41, 5.74) is 0.168. The Morgan fingerprint density at radius 3 is 2.52 bits per heavy atom. The van der Waals surface area contributed by atoms with Gasteiger partial charge in [-0.15, -0.1) is 0 Å². The van der Waals surface area contributed by atoms with Crippen molar-refractivity contribution < 1.29 is 13.2 Å². The van der Waals surface area contributed by atoms with Crippen molar-refractivity contribution in [2.24, 2.45) is 0 Å². The zero-order valence-electron chi connectivity index (χ0n) is 15.0. The van der Waals surface area contributed by atoms with Crippen LogP contribution in [0, 0.1) is 0 Å². The van der Waals surface area contributed by atoms with E-state index in [1.807, 2.05) is 18.2 Å². The molecule has 2 heterocycles. The summed E-state index contributed by atoms with van der Waals surface area (Å²) in [5, 5.41) is 8.15. The summed E-state index contributed by atoms with van der Waals surface area (Å²) in [7, 11) is 0. The molecule has 3 nitrogen and oxygen atoms in total. The van der Waals surface area contributed by atoms with Crippen LogP contribution >= 0.6 is 11.6 Å². The van der Waals surface area contributed by atoms with Crippen molar-refractivity contribution in [1.82, 2.24) is 9.78 Å². The summed E-state index contributed by atoms with van der Waals surface area (Å²) in [6, 6.07) is 20.6. The van der Waals surface area contributed by atoms with E-state index >= 15 is 0 Å². The molecular formula is C22H15ClF3N3. The minimum Gasteiger partial charge on any atom is -0.353 e. The van der Waals surface area contributed by atoms with Gasteiger partial charge in [0.1, 0.15) is 0 Å². The van der Waals surface area contributed by atoms with Crippen LogP contribution in [0.15, 0.2) is 72.8 Å². The molecule has 0 saturated carbocycles. The fraction of sp³-hybridized carbons (Fsp3) is 0.136. The van der Waals surface area contributed by atoms with Gasteiger partial charge in [-0.05, 0) is 29.8 Å². The summed E-state index contributed by atoms with van der Waals surface area (Å²) in [4.78, 5) is 0. The molecule has 146 valence electrons. The number of halogens is 4. The van der Waals surface area contributed by atoms with E-state index in [2.05, 4.69) is 10.4 Å². The third-order valence-corrected chi connectivity index (χ3v) is 5.54. The van der Waals surface area contributed by atoms with Gasteiger partial charge in [0.2, 0.25) is 5.66 Å². The first-order valence-corrected chi connectivity index (χ1v) is 9.44. The Morgan fingerprint density at radius 1 is 0.966 bits per heavy atom. The van der Waals surface area contributed by atoms with Gasteiger partial charge in [-0.2, -0.15) is 18.3 Å². The monoisotopic (exact) mass is 413 g/mol. The van der Waals surface area contributed by atoms with Crippen LogP contribution in [-0.4, -0.2) is 16.0 Å². The fourth-order valence-electron chi connectivity index (χ4n) is 4.02. The van der Waals surface area contributed by atoms with Gasteiger partial charge in [-0.3, -0.25) is 0 Å². The van der Waals surface area contributed by atoms with Crippen molar-refractivity contribution in [2.45, 2.75) is 18.3 Å². The molecule has 1 aromatic heterocycles. The Kier molecular flexibility index (Phi) is 3.90. The van der Waals surface area contributed by atoms with Crippen molar-refractivity contribution in [1.29, 1.82) is 0 Å². The fourth-order valence-corrected chi connectivity index (χ4v) is 4.21. The smallest absolute Gasteiger partial charge is 0.353 e. The number of nitrogens with zero attached hydrogens (tertiary/aromatic N) is 2. The van der Waals surface area contributed by atoms with Crippen molar-refractivity contribution in [3.05, 3.63) is 83.4 Å². The molecule has 5 rings (SSSR count). The maximum Gasteiger partial charge on any atom is 0.432 e. The predicted octanol–water partition coefficient (Wildman–Crippen LogP) is 6.24. The zero-order chi connectivity index (χ0) is 20.2. The Bertz CT molecular complexity index is 1230. The molecule has 3 aromatic carbocycles. The van der Waals surface area contributed by atoms with E-state index < -0.39 is 11.8 Å². The first-order valence-electron chi connectivity index (χ1n) is 9.06. The highest BCUT2D eigenvalue weighted by molar-refractivity contribution is 6.30. The molecule has 0 fully saturated rings. The van der Waals surface area contributed by atoms with Crippen molar-refractivity contribution in [2.75, 3.05) is 5.32 Å². The molecular weight excluding hydrogens is 399 g/mol. The van der Waals surface area contributed by atoms with Gasteiger partial charge in [0.05, 0.1) is 11.2 Å². The molecule has 7 heteroatoms. The molecule has 1 N–H and O–H groups in total. The van der Waals surface area contributed by atoms with Gasteiger partial charge in [0.25, 0.3) is 0 Å². The molecule has 0 bridgehead atoms. The third-order valence-electron chi connectivity index (χ3n) is 5.30. The molecule has 0 spiro atoms. The molecule has 0 aliphatic carbocycles. The number of aromatic nitrogens is 2. The highest BCUT2D eigenvalue weighted by Gasteiger charge is 2.60. The molecule has 0 amide bonds. The van der Waals surface area contributed by atoms with Gasteiger partial charge < -0.3 is 5.32 Å². The summed E-state index contributed by atoms with van der Waals surface area (Å²) >= 11 is 6.02. The minimum atomic E-state index is -4.63. The quantitative estimate of drug-likeness (QED) is 0.421. The molecule has 1 atom stereocenters. The predicted molar refractivity (Wildman–Crippen MR) is 108 cm³/mol. The molecule has 4 aromatic rings. The number of benzene rings is 3. The van der Waals surface area contributed by atoms with Crippen LogP contribution < -0.4 is 5.32 Å². The maximum atomic E-state index is 14.7. The van der Waals surface area contributed by atoms with E-state index in [0.717, 1.165) is 10.2 Å². The van der Waals surface area contributed by atoms with Crippen LogP contribution in [-0.2, 0) is 12.1 Å². The average molecular weight is 414 g/mol. The highest BCUT2D eigenvalue weighted by atomic mass is 35.5. The molecule has 0 saturated heterocycles. The number of hydrogen-bond donors (Lipinski definition) is 1. The van der Waals surface area contributed by atoms with Gasteiger partial charge >= 0.3 is 6.18 Å². The van der Waals surface area contributed by atoms with Crippen LogP contribution in [0.2, 0.25) is 5.02 Å². The molecule has 1 aliphatic rings. The lowest BCUT2D eigenvalue weighted by Crippen LogP contribution is -2.57. The summed E-state index contributed by atoms with van der Waals surface area (Å²) < 4.78 is 45.3. The minimum absolute atomic E-state index is 0.278. The number of rotatable bonds is 2. The van der Waals surface area contributed by atoms with E-state index in [9.17, 15) is 13.2 Å². The third kappa shape index (κ3) is 2.70. The number of anilines is 1. The Balaban J connectivity index is 1.83. The topological polar surface area (TPSA) is 29.9 Å². The van der Waals surface area contributed by atoms with Crippen molar-refractivity contribution in [3.8, 4) is 11.3 Å². The zero-order valence-corrected chi connectivity index (χ0v) is 15.8. The molecule has 1 unspecified atom stereocenters. The molecule has 0 radical (unpaired) electrons. The lowest BCUT2D eigenvalue weighted by atomic mass is 9.88.